The van der Waals surface area contributed by atoms with Crippen molar-refractivity contribution in [3.05, 3.63) is 17.7 Å². The van der Waals surface area contributed by atoms with Crippen LogP contribution in [0.15, 0.2) is 6.08 Å². The van der Waals surface area contributed by atoms with Gasteiger partial charge in [0.2, 0.25) is 5.82 Å². The Morgan fingerprint density at radius 1 is 1.27 bits per heavy atom. The van der Waals surface area contributed by atoms with E-state index < -0.39 is 12.0 Å². The van der Waals surface area contributed by atoms with Gasteiger partial charge in [0.25, 0.3) is 0 Å². The fraction of sp³-hybridized carbons (Fsp3) is 0.556. The Balaban J connectivity index is 2.23. The molecule has 1 aliphatic rings. The van der Waals surface area contributed by atoms with Crippen LogP contribution in [0.25, 0.3) is 5.57 Å². The second-order valence-electron chi connectivity index (χ2n) is 3.48. The molecule has 1 aromatic rings. The van der Waals surface area contributed by atoms with E-state index in [0.717, 1.165) is 31.3 Å². The maximum absolute atomic E-state index is 12.2. The predicted molar refractivity (Wildman–Crippen MR) is 47.8 cm³/mol. The minimum Gasteiger partial charge on any atom is -0.255 e. The SMILES string of the molecule is FC(F)(F)c1nc(C2=CCCCC2)n[nH]1. The van der Waals surface area contributed by atoms with E-state index in [9.17, 15) is 13.2 Å². The van der Waals surface area contributed by atoms with Crippen LogP contribution in [0.1, 0.15) is 37.3 Å². The summed E-state index contributed by atoms with van der Waals surface area (Å²) in [5.74, 6) is -0.842. The smallest absolute Gasteiger partial charge is 0.255 e. The van der Waals surface area contributed by atoms with Gasteiger partial charge in [0.1, 0.15) is 0 Å². The molecular formula is C9H10F3N3. The molecule has 2 rings (SSSR count). The van der Waals surface area contributed by atoms with Crippen LogP contribution in [0.5, 0.6) is 0 Å². The molecule has 15 heavy (non-hydrogen) atoms. The summed E-state index contributed by atoms with van der Waals surface area (Å²) in [6.45, 7) is 0. The summed E-state index contributed by atoms with van der Waals surface area (Å²) < 4.78 is 36.6. The molecule has 0 atom stereocenters. The van der Waals surface area contributed by atoms with E-state index in [2.05, 4.69) is 10.1 Å². The number of H-pyrrole nitrogens is 1. The monoisotopic (exact) mass is 217 g/mol. The van der Waals surface area contributed by atoms with Crippen LogP contribution in [0.3, 0.4) is 0 Å². The van der Waals surface area contributed by atoms with E-state index >= 15 is 0 Å². The number of aromatic nitrogens is 3. The molecule has 6 heteroatoms. The third kappa shape index (κ3) is 2.19. The predicted octanol–water partition coefficient (Wildman–Crippen LogP) is 2.78. The Labute approximate surface area is 84.4 Å². The number of nitrogens with zero attached hydrogens (tertiary/aromatic N) is 2. The standard InChI is InChI=1S/C9H10F3N3/c10-9(11,12)8-13-7(14-15-8)6-4-2-1-3-5-6/h4H,1-3,5H2,(H,13,14,15). The number of alkyl halides is 3. The van der Waals surface area contributed by atoms with Crippen molar-refractivity contribution in [1.29, 1.82) is 0 Å². The Hall–Kier alpha value is -1.33. The fourth-order valence-corrected chi connectivity index (χ4v) is 1.57. The summed E-state index contributed by atoms with van der Waals surface area (Å²) >= 11 is 0. The van der Waals surface area contributed by atoms with Gasteiger partial charge >= 0.3 is 6.18 Å². The van der Waals surface area contributed by atoms with E-state index in [-0.39, 0.29) is 5.82 Å². The van der Waals surface area contributed by atoms with Gasteiger partial charge in [-0.2, -0.15) is 18.3 Å². The number of hydrogen-bond donors (Lipinski definition) is 1. The lowest BCUT2D eigenvalue weighted by molar-refractivity contribution is -0.144. The van der Waals surface area contributed by atoms with Gasteiger partial charge in [-0.3, -0.25) is 5.10 Å². The molecule has 0 amide bonds. The molecule has 1 aliphatic carbocycles. The zero-order chi connectivity index (χ0) is 10.9. The van der Waals surface area contributed by atoms with Gasteiger partial charge in [-0.15, -0.1) is 0 Å². The van der Waals surface area contributed by atoms with Crippen molar-refractivity contribution in [2.45, 2.75) is 31.9 Å². The summed E-state index contributed by atoms with van der Waals surface area (Å²) in [6, 6.07) is 0. The van der Waals surface area contributed by atoms with Gasteiger partial charge in [0, 0.05) is 0 Å². The average Bonchev–Trinajstić information content (AvgIpc) is 2.67. The van der Waals surface area contributed by atoms with Crippen molar-refractivity contribution >= 4 is 5.57 Å². The number of allylic oxidation sites excluding steroid dienone is 2. The lowest BCUT2D eigenvalue weighted by Gasteiger charge is -2.08. The molecule has 1 heterocycles. The first kappa shape index (κ1) is 10.2. The Kier molecular flexibility index (Phi) is 2.50. The van der Waals surface area contributed by atoms with Crippen molar-refractivity contribution < 1.29 is 13.2 Å². The number of hydrogen-bond acceptors (Lipinski definition) is 2. The van der Waals surface area contributed by atoms with Gasteiger partial charge in [0.15, 0.2) is 5.82 Å². The molecule has 0 saturated heterocycles. The first-order valence-corrected chi connectivity index (χ1v) is 4.76. The first-order chi connectivity index (χ1) is 7.07. The molecule has 0 bridgehead atoms. The van der Waals surface area contributed by atoms with Crippen LogP contribution < -0.4 is 0 Å². The largest absolute Gasteiger partial charge is 0.451 e. The zero-order valence-corrected chi connectivity index (χ0v) is 7.93. The van der Waals surface area contributed by atoms with Crippen molar-refractivity contribution in [1.82, 2.24) is 15.2 Å². The molecule has 0 unspecified atom stereocenters. The van der Waals surface area contributed by atoms with Gasteiger partial charge in [-0.1, -0.05) is 6.08 Å². The molecule has 0 fully saturated rings. The molecule has 0 spiro atoms. The quantitative estimate of drug-likeness (QED) is 0.785. The minimum atomic E-state index is -4.44. The van der Waals surface area contributed by atoms with Gasteiger partial charge in [0.05, 0.1) is 0 Å². The molecule has 1 aromatic heterocycles. The minimum absolute atomic E-state index is 0.182. The third-order valence-electron chi connectivity index (χ3n) is 2.33. The average molecular weight is 217 g/mol. The van der Waals surface area contributed by atoms with Crippen LogP contribution in [0.2, 0.25) is 0 Å². The van der Waals surface area contributed by atoms with Gasteiger partial charge in [-0.05, 0) is 31.3 Å². The number of halogens is 3. The molecule has 0 aromatic carbocycles. The highest BCUT2D eigenvalue weighted by Crippen LogP contribution is 2.29. The van der Waals surface area contributed by atoms with E-state index in [4.69, 9.17) is 0 Å². The normalized spacial score (nSPS) is 17.7. The maximum atomic E-state index is 12.2. The van der Waals surface area contributed by atoms with Crippen LogP contribution >= 0.6 is 0 Å². The summed E-state index contributed by atoms with van der Waals surface area (Å²) in [7, 11) is 0. The topological polar surface area (TPSA) is 41.6 Å². The third-order valence-corrected chi connectivity index (χ3v) is 2.33. The highest BCUT2D eigenvalue weighted by molar-refractivity contribution is 5.60. The van der Waals surface area contributed by atoms with Crippen LogP contribution in [-0.2, 0) is 6.18 Å². The number of rotatable bonds is 1. The van der Waals surface area contributed by atoms with E-state index in [1.165, 1.54) is 0 Å². The van der Waals surface area contributed by atoms with Crippen LogP contribution in [0.4, 0.5) is 13.2 Å². The van der Waals surface area contributed by atoms with Crippen molar-refractivity contribution in [2.75, 3.05) is 0 Å². The second kappa shape index (κ2) is 3.67. The molecular weight excluding hydrogens is 207 g/mol. The highest BCUT2D eigenvalue weighted by atomic mass is 19.4. The van der Waals surface area contributed by atoms with E-state index in [0.29, 0.717) is 0 Å². The summed E-state index contributed by atoms with van der Waals surface area (Å²) in [6.07, 6.45) is 1.19. The van der Waals surface area contributed by atoms with Crippen molar-refractivity contribution in [2.24, 2.45) is 0 Å². The lowest BCUT2D eigenvalue weighted by atomic mass is 9.99. The van der Waals surface area contributed by atoms with Crippen LogP contribution in [0, 0.1) is 0 Å². The molecule has 1 N–H and O–H groups in total. The number of nitrogens with one attached hydrogen (secondary N) is 1. The first-order valence-electron chi connectivity index (χ1n) is 4.76. The lowest BCUT2D eigenvalue weighted by Crippen LogP contribution is -2.07. The summed E-state index contributed by atoms with van der Waals surface area (Å²) in [5, 5.41) is 5.50. The Bertz CT molecular complexity index is 378. The van der Waals surface area contributed by atoms with Gasteiger partial charge < -0.3 is 0 Å². The Morgan fingerprint density at radius 3 is 2.60 bits per heavy atom. The molecule has 82 valence electrons. The van der Waals surface area contributed by atoms with Crippen LogP contribution in [-0.4, -0.2) is 15.2 Å². The maximum Gasteiger partial charge on any atom is 0.451 e. The molecule has 0 saturated carbocycles. The van der Waals surface area contributed by atoms with Gasteiger partial charge in [-0.25, -0.2) is 4.98 Å². The highest BCUT2D eigenvalue weighted by Gasteiger charge is 2.35. The second-order valence-corrected chi connectivity index (χ2v) is 3.48. The summed E-state index contributed by atoms with van der Waals surface area (Å²) in [5.41, 5.74) is 0.813. The Morgan fingerprint density at radius 2 is 2.07 bits per heavy atom. The van der Waals surface area contributed by atoms with Crippen molar-refractivity contribution in [3.8, 4) is 0 Å². The summed E-state index contributed by atoms with van der Waals surface area (Å²) in [4.78, 5) is 3.45. The molecule has 0 radical (unpaired) electrons. The zero-order valence-electron chi connectivity index (χ0n) is 7.93. The van der Waals surface area contributed by atoms with E-state index in [1.54, 1.807) is 0 Å². The van der Waals surface area contributed by atoms with E-state index in [1.807, 2.05) is 11.2 Å². The molecule has 3 nitrogen and oxygen atoms in total. The fourth-order valence-electron chi connectivity index (χ4n) is 1.57. The van der Waals surface area contributed by atoms with Crippen molar-refractivity contribution in [3.63, 3.8) is 0 Å². The molecule has 0 aliphatic heterocycles. The number of aromatic amines is 1.